The molecule has 0 saturated carbocycles. The average Bonchev–Trinajstić information content (AvgIpc) is 3.05. The summed E-state index contributed by atoms with van der Waals surface area (Å²) < 4.78 is 27.4. The summed E-state index contributed by atoms with van der Waals surface area (Å²) in [6, 6.07) is 16.7. The summed E-state index contributed by atoms with van der Waals surface area (Å²) >= 11 is 0. The van der Waals surface area contributed by atoms with Crippen molar-refractivity contribution in [3.05, 3.63) is 60.2 Å². The van der Waals surface area contributed by atoms with Crippen molar-refractivity contribution in [2.75, 3.05) is 31.5 Å². The molecule has 1 amide bonds. The van der Waals surface area contributed by atoms with E-state index in [2.05, 4.69) is 5.32 Å². The van der Waals surface area contributed by atoms with Crippen molar-refractivity contribution in [3.8, 4) is 0 Å². The molecule has 1 unspecified atom stereocenters. The van der Waals surface area contributed by atoms with Crippen LogP contribution in [-0.2, 0) is 10.0 Å². The third-order valence-corrected chi connectivity index (χ3v) is 7.84. The van der Waals surface area contributed by atoms with Crippen LogP contribution in [0.3, 0.4) is 0 Å². The van der Waals surface area contributed by atoms with Crippen LogP contribution in [0.15, 0.2) is 59.5 Å². The normalized spacial score (nSPS) is 20.7. The first-order chi connectivity index (χ1) is 14.5. The van der Waals surface area contributed by atoms with Crippen LogP contribution in [0, 0.1) is 0 Å². The second-order valence-corrected chi connectivity index (χ2v) is 10.0. The summed E-state index contributed by atoms with van der Waals surface area (Å²) in [4.78, 5) is 15.0. The maximum atomic E-state index is 12.9. The van der Waals surface area contributed by atoms with Gasteiger partial charge in [0.2, 0.25) is 10.0 Å². The Labute approximate surface area is 178 Å². The number of hydrogen-bond donors (Lipinski definition) is 1. The van der Waals surface area contributed by atoms with E-state index >= 15 is 0 Å². The minimum Gasteiger partial charge on any atom is -0.380 e. The molecule has 0 bridgehead atoms. The summed E-state index contributed by atoms with van der Waals surface area (Å²) in [5.41, 5.74) is 1.59. The van der Waals surface area contributed by atoms with Gasteiger partial charge in [0.05, 0.1) is 4.90 Å². The SMILES string of the molecule is O=C(c1ccc(S(=O)(=O)N2CCCCCC2)cc1)N1CCC(Nc2ccccc2)C1. The first-order valence-electron chi connectivity index (χ1n) is 10.7. The number of para-hydroxylation sites is 1. The molecule has 2 aliphatic rings. The summed E-state index contributed by atoms with van der Waals surface area (Å²) in [7, 11) is -3.49. The zero-order chi connectivity index (χ0) is 21.0. The van der Waals surface area contributed by atoms with Gasteiger partial charge in [0.1, 0.15) is 0 Å². The molecule has 2 saturated heterocycles. The van der Waals surface area contributed by atoms with E-state index in [4.69, 9.17) is 0 Å². The van der Waals surface area contributed by atoms with E-state index in [0.717, 1.165) is 37.8 Å². The molecule has 2 aromatic rings. The third-order valence-electron chi connectivity index (χ3n) is 5.92. The van der Waals surface area contributed by atoms with E-state index < -0.39 is 10.0 Å². The number of rotatable bonds is 5. The second-order valence-electron chi connectivity index (χ2n) is 8.09. The maximum absolute atomic E-state index is 12.9. The number of benzene rings is 2. The average molecular weight is 428 g/mol. The van der Waals surface area contributed by atoms with Gasteiger partial charge in [-0.3, -0.25) is 4.79 Å². The van der Waals surface area contributed by atoms with Crippen LogP contribution in [0.1, 0.15) is 42.5 Å². The van der Waals surface area contributed by atoms with Crippen LogP contribution < -0.4 is 5.32 Å². The molecule has 0 spiro atoms. The van der Waals surface area contributed by atoms with Crippen LogP contribution in [0.4, 0.5) is 5.69 Å². The van der Waals surface area contributed by atoms with Gasteiger partial charge >= 0.3 is 0 Å². The Morgan fingerprint density at radius 1 is 0.867 bits per heavy atom. The predicted molar refractivity (Wildman–Crippen MR) is 118 cm³/mol. The molecule has 6 nitrogen and oxygen atoms in total. The molecule has 2 aromatic carbocycles. The quantitative estimate of drug-likeness (QED) is 0.792. The highest BCUT2D eigenvalue weighted by molar-refractivity contribution is 7.89. The fourth-order valence-corrected chi connectivity index (χ4v) is 5.73. The second kappa shape index (κ2) is 9.18. The Balaban J connectivity index is 1.39. The lowest BCUT2D eigenvalue weighted by Crippen LogP contribution is -2.32. The number of amides is 1. The van der Waals surface area contributed by atoms with Gasteiger partial charge in [-0.05, 0) is 55.7 Å². The lowest BCUT2D eigenvalue weighted by atomic mass is 10.2. The molecular weight excluding hydrogens is 398 g/mol. The molecule has 0 radical (unpaired) electrons. The summed E-state index contributed by atoms with van der Waals surface area (Å²) in [5.74, 6) is -0.0499. The molecule has 2 aliphatic heterocycles. The minimum absolute atomic E-state index is 0.0499. The van der Waals surface area contributed by atoms with Gasteiger partial charge < -0.3 is 10.2 Å². The van der Waals surface area contributed by atoms with Crippen molar-refractivity contribution in [1.82, 2.24) is 9.21 Å². The third kappa shape index (κ3) is 4.68. The van der Waals surface area contributed by atoms with Gasteiger partial charge in [-0.25, -0.2) is 8.42 Å². The van der Waals surface area contributed by atoms with E-state index in [-0.39, 0.29) is 16.8 Å². The fourth-order valence-electron chi connectivity index (χ4n) is 4.22. The molecule has 4 rings (SSSR count). The summed E-state index contributed by atoms with van der Waals surface area (Å²) in [6.07, 6.45) is 4.86. The fraction of sp³-hybridized carbons (Fsp3) is 0.435. The highest BCUT2D eigenvalue weighted by atomic mass is 32.2. The van der Waals surface area contributed by atoms with Crippen molar-refractivity contribution in [3.63, 3.8) is 0 Å². The van der Waals surface area contributed by atoms with E-state index in [1.54, 1.807) is 28.6 Å². The van der Waals surface area contributed by atoms with Crippen LogP contribution >= 0.6 is 0 Å². The Kier molecular flexibility index (Phi) is 6.39. The molecule has 2 heterocycles. The highest BCUT2D eigenvalue weighted by Gasteiger charge is 2.28. The number of sulfonamides is 1. The van der Waals surface area contributed by atoms with Crippen molar-refractivity contribution in [1.29, 1.82) is 0 Å². The standard InChI is InChI=1S/C23H29N3O3S/c27-23(25-17-14-21(18-25)24-20-8-4-3-5-9-20)19-10-12-22(13-11-19)30(28,29)26-15-6-1-2-7-16-26/h3-5,8-13,21,24H,1-2,6-7,14-18H2. The molecule has 0 aromatic heterocycles. The first-order valence-corrected chi connectivity index (χ1v) is 12.2. The van der Waals surface area contributed by atoms with Crippen molar-refractivity contribution in [2.24, 2.45) is 0 Å². The van der Waals surface area contributed by atoms with E-state index in [9.17, 15) is 13.2 Å². The highest BCUT2D eigenvalue weighted by Crippen LogP contribution is 2.22. The van der Waals surface area contributed by atoms with Gasteiger partial charge in [-0.15, -0.1) is 0 Å². The van der Waals surface area contributed by atoms with Gasteiger partial charge in [0, 0.05) is 43.5 Å². The van der Waals surface area contributed by atoms with Gasteiger partial charge in [0.15, 0.2) is 0 Å². The van der Waals surface area contributed by atoms with Crippen LogP contribution in [0.5, 0.6) is 0 Å². The van der Waals surface area contributed by atoms with Gasteiger partial charge in [-0.2, -0.15) is 4.31 Å². The summed E-state index contributed by atoms with van der Waals surface area (Å²) in [6.45, 7) is 2.48. The van der Waals surface area contributed by atoms with Crippen LogP contribution in [0.25, 0.3) is 0 Å². The number of anilines is 1. The van der Waals surface area contributed by atoms with Crippen molar-refractivity contribution >= 4 is 21.6 Å². The number of likely N-dealkylation sites (tertiary alicyclic amines) is 1. The molecular formula is C23H29N3O3S. The number of carbonyl (C=O) groups is 1. The van der Waals surface area contributed by atoms with Crippen LogP contribution in [0.2, 0.25) is 0 Å². The smallest absolute Gasteiger partial charge is 0.253 e. The number of nitrogens with one attached hydrogen (secondary N) is 1. The first kappa shape index (κ1) is 20.9. The Morgan fingerprint density at radius 3 is 2.20 bits per heavy atom. The van der Waals surface area contributed by atoms with E-state index in [1.807, 2.05) is 35.2 Å². The van der Waals surface area contributed by atoms with Crippen molar-refractivity contribution < 1.29 is 13.2 Å². The Morgan fingerprint density at radius 2 is 1.53 bits per heavy atom. The van der Waals surface area contributed by atoms with E-state index in [1.165, 1.54) is 0 Å². The monoisotopic (exact) mass is 427 g/mol. The molecule has 160 valence electrons. The molecule has 30 heavy (non-hydrogen) atoms. The number of nitrogens with zero attached hydrogens (tertiary/aromatic N) is 2. The number of hydrogen-bond acceptors (Lipinski definition) is 4. The maximum Gasteiger partial charge on any atom is 0.253 e. The topological polar surface area (TPSA) is 69.7 Å². The summed E-state index contributed by atoms with van der Waals surface area (Å²) in [5, 5.41) is 3.47. The Hall–Kier alpha value is -2.38. The lowest BCUT2D eigenvalue weighted by Gasteiger charge is -2.20. The molecule has 2 fully saturated rings. The van der Waals surface area contributed by atoms with Crippen molar-refractivity contribution in [2.45, 2.75) is 43.0 Å². The predicted octanol–water partition coefficient (Wildman–Crippen LogP) is 3.58. The molecule has 0 aliphatic carbocycles. The zero-order valence-corrected chi connectivity index (χ0v) is 18.0. The van der Waals surface area contributed by atoms with Gasteiger partial charge in [0.25, 0.3) is 5.91 Å². The molecule has 7 heteroatoms. The zero-order valence-electron chi connectivity index (χ0n) is 17.2. The molecule has 1 N–H and O–H groups in total. The van der Waals surface area contributed by atoms with E-state index in [0.29, 0.717) is 31.7 Å². The number of carbonyl (C=O) groups excluding carboxylic acids is 1. The minimum atomic E-state index is -3.49. The van der Waals surface area contributed by atoms with Gasteiger partial charge in [-0.1, -0.05) is 31.0 Å². The van der Waals surface area contributed by atoms with Crippen LogP contribution in [-0.4, -0.2) is 55.8 Å². The lowest BCUT2D eigenvalue weighted by molar-refractivity contribution is 0.0791. The molecule has 1 atom stereocenters. The largest absolute Gasteiger partial charge is 0.380 e. The Bertz CT molecular complexity index is 953.